The van der Waals surface area contributed by atoms with E-state index in [1.54, 1.807) is 24.9 Å². The Morgan fingerprint density at radius 3 is 2.69 bits per heavy atom. The maximum atomic E-state index is 12.5. The van der Waals surface area contributed by atoms with Gasteiger partial charge in [0.05, 0.1) is 35.6 Å². The van der Waals surface area contributed by atoms with Crippen LogP contribution in [0.15, 0.2) is 65.1 Å². The van der Waals surface area contributed by atoms with E-state index >= 15 is 0 Å². The van der Waals surface area contributed by atoms with Crippen molar-refractivity contribution in [3.05, 3.63) is 76.0 Å². The zero-order valence-corrected chi connectivity index (χ0v) is 23.8. The maximum Gasteiger partial charge on any atom is 0.265 e. The monoisotopic (exact) mass is 563 g/mol. The third-order valence-electron chi connectivity index (χ3n) is 6.96. The molecule has 2 aliphatic rings. The standard InChI is InChI=1S/C30H33N3O4S2/c1-3-26-29(21-13-14-24(36-2)25(17-21)37-23-10-4-5-11-23)32-33(28(19-34)39-26)18-20-8-6-9-22(16-20)31-30(35)27-12-7-15-38-27/h6-9,12-17,19,23,26,28H,3-5,10-11,18H2,1-2H3,(H,31,35). The molecule has 2 unspecified atom stereocenters. The number of carbonyl (C=O) groups excluding carboxylic acids is 2. The van der Waals surface area contributed by atoms with E-state index in [1.165, 1.54) is 24.2 Å². The summed E-state index contributed by atoms with van der Waals surface area (Å²) in [6.45, 7) is 2.55. The Morgan fingerprint density at radius 2 is 1.97 bits per heavy atom. The molecule has 1 aliphatic heterocycles. The van der Waals surface area contributed by atoms with Crippen LogP contribution in [0, 0.1) is 0 Å². The molecule has 0 saturated heterocycles. The highest BCUT2D eigenvalue weighted by molar-refractivity contribution is 8.01. The number of methoxy groups -OCH3 is 1. The zero-order valence-electron chi connectivity index (χ0n) is 22.2. The van der Waals surface area contributed by atoms with E-state index in [4.69, 9.17) is 14.6 Å². The van der Waals surface area contributed by atoms with Gasteiger partial charge in [-0.15, -0.1) is 23.1 Å². The average Bonchev–Trinajstić information content (AvgIpc) is 3.68. The van der Waals surface area contributed by atoms with Gasteiger partial charge in [-0.05, 0) is 79.4 Å². The molecule has 204 valence electrons. The highest BCUT2D eigenvalue weighted by Crippen LogP contribution is 2.37. The predicted molar refractivity (Wildman–Crippen MR) is 158 cm³/mol. The summed E-state index contributed by atoms with van der Waals surface area (Å²) in [6, 6.07) is 17.3. The quantitative estimate of drug-likeness (QED) is 0.281. The lowest BCUT2D eigenvalue weighted by Crippen LogP contribution is -2.39. The summed E-state index contributed by atoms with van der Waals surface area (Å²) in [4.78, 5) is 25.3. The highest BCUT2D eigenvalue weighted by Gasteiger charge is 2.32. The van der Waals surface area contributed by atoms with Crippen molar-refractivity contribution in [3.63, 3.8) is 0 Å². The molecule has 2 aromatic carbocycles. The molecule has 2 atom stereocenters. The number of aldehydes is 1. The van der Waals surface area contributed by atoms with E-state index in [-0.39, 0.29) is 17.3 Å². The summed E-state index contributed by atoms with van der Waals surface area (Å²) in [5, 5.41) is 11.4. The second kappa shape index (κ2) is 12.7. The fourth-order valence-corrected chi connectivity index (χ4v) is 6.76. The molecule has 1 saturated carbocycles. The molecule has 5 rings (SSSR count). The summed E-state index contributed by atoms with van der Waals surface area (Å²) in [7, 11) is 1.66. The summed E-state index contributed by atoms with van der Waals surface area (Å²) in [6.07, 6.45) is 6.51. The minimum Gasteiger partial charge on any atom is -0.493 e. The van der Waals surface area contributed by atoms with Crippen LogP contribution in [0.3, 0.4) is 0 Å². The lowest BCUT2D eigenvalue weighted by Gasteiger charge is -2.35. The Morgan fingerprint density at radius 1 is 1.13 bits per heavy atom. The molecule has 1 aromatic heterocycles. The van der Waals surface area contributed by atoms with E-state index in [0.717, 1.165) is 48.1 Å². The number of hydrogen-bond acceptors (Lipinski definition) is 8. The van der Waals surface area contributed by atoms with Crippen LogP contribution in [0.1, 0.15) is 59.8 Å². The van der Waals surface area contributed by atoms with Gasteiger partial charge >= 0.3 is 0 Å². The first kappa shape index (κ1) is 27.3. The maximum absolute atomic E-state index is 12.5. The number of nitrogens with zero attached hydrogens (tertiary/aromatic N) is 2. The van der Waals surface area contributed by atoms with Crippen molar-refractivity contribution in [1.29, 1.82) is 0 Å². The number of amides is 1. The number of hydrogen-bond donors (Lipinski definition) is 1. The van der Waals surface area contributed by atoms with Crippen LogP contribution in [-0.2, 0) is 11.3 Å². The van der Waals surface area contributed by atoms with Gasteiger partial charge in [-0.2, -0.15) is 5.10 Å². The summed E-state index contributed by atoms with van der Waals surface area (Å²) >= 11 is 3.01. The summed E-state index contributed by atoms with van der Waals surface area (Å²) in [5.41, 5.74) is 3.54. The minimum atomic E-state index is -0.407. The molecule has 1 aliphatic carbocycles. The molecule has 0 bridgehead atoms. The smallest absolute Gasteiger partial charge is 0.265 e. The second-order valence-electron chi connectivity index (χ2n) is 9.66. The molecule has 0 spiro atoms. The lowest BCUT2D eigenvalue weighted by atomic mass is 10.0. The van der Waals surface area contributed by atoms with Crippen molar-refractivity contribution < 1.29 is 19.1 Å². The van der Waals surface area contributed by atoms with Gasteiger partial charge in [-0.25, -0.2) is 0 Å². The Bertz CT molecular complexity index is 1320. The number of thioether (sulfide) groups is 1. The molecule has 3 aromatic rings. The van der Waals surface area contributed by atoms with Crippen LogP contribution >= 0.6 is 23.1 Å². The van der Waals surface area contributed by atoms with Crippen molar-refractivity contribution in [3.8, 4) is 11.5 Å². The molecule has 2 heterocycles. The normalized spacial score (nSPS) is 19.4. The molecule has 39 heavy (non-hydrogen) atoms. The molecule has 1 amide bonds. The largest absolute Gasteiger partial charge is 0.493 e. The van der Waals surface area contributed by atoms with Gasteiger partial charge in [0.25, 0.3) is 5.91 Å². The highest BCUT2D eigenvalue weighted by atomic mass is 32.2. The molecule has 9 heteroatoms. The average molecular weight is 564 g/mol. The van der Waals surface area contributed by atoms with Gasteiger partial charge in [0.2, 0.25) is 0 Å². The van der Waals surface area contributed by atoms with Gasteiger partial charge < -0.3 is 19.6 Å². The summed E-state index contributed by atoms with van der Waals surface area (Å²) in [5.74, 6) is 1.32. The van der Waals surface area contributed by atoms with Gasteiger partial charge in [0, 0.05) is 11.3 Å². The molecule has 1 fully saturated rings. The predicted octanol–water partition coefficient (Wildman–Crippen LogP) is 6.59. The third kappa shape index (κ3) is 6.47. The number of anilines is 1. The summed E-state index contributed by atoms with van der Waals surface area (Å²) < 4.78 is 11.9. The van der Waals surface area contributed by atoms with E-state index in [1.807, 2.05) is 58.9 Å². The molecule has 7 nitrogen and oxygen atoms in total. The first-order valence-electron chi connectivity index (χ1n) is 13.3. The minimum absolute atomic E-state index is 0.0700. The Labute approximate surface area is 237 Å². The van der Waals surface area contributed by atoms with Gasteiger partial charge in [0.15, 0.2) is 17.8 Å². The first-order chi connectivity index (χ1) is 19.1. The Kier molecular flexibility index (Phi) is 8.88. The topological polar surface area (TPSA) is 80.2 Å². The van der Waals surface area contributed by atoms with Crippen LogP contribution in [0.25, 0.3) is 0 Å². The van der Waals surface area contributed by atoms with E-state index in [2.05, 4.69) is 12.2 Å². The van der Waals surface area contributed by atoms with Crippen LogP contribution < -0.4 is 14.8 Å². The fraction of sp³-hybridized carbons (Fsp3) is 0.367. The Balaban J connectivity index is 1.40. The van der Waals surface area contributed by atoms with Crippen LogP contribution in [-0.4, -0.2) is 46.8 Å². The van der Waals surface area contributed by atoms with Crippen LogP contribution in [0.5, 0.6) is 11.5 Å². The zero-order chi connectivity index (χ0) is 27.2. The second-order valence-corrected chi connectivity index (χ2v) is 11.9. The molecule has 1 N–H and O–H groups in total. The number of nitrogens with one attached hydrogen (secondary N) is 1. The number of thiophene rings is 1. The lowest BCUT2D eigenvalue weighted by molar-refractivity contribution is -0.110. The molecular formula is C30H33N3O4S2. The fourth-order valence-electron chi connectivity index (χ4n) is 4.97. The SMILES string of the molecule is CCC1SC(C=O)N(Cc2cccc(NC(=O)c3cccs3)c2)N=C1c1ccc(OC)c(OC2CCCC2)c1. The van der Waals surface area contributed by atoms with E-state index in [9.17, 15) is 9.59 Å². The van der Waals surface area contributed by atoms with Gasteiger partial charge in [-0.1, -0.05) is 25.1 Å². The third-order valence-corrected chi connectivity index (χ3v) is 9.34. The van der Waals surface area contributed by atoms with Crippen molar-refractivity contribution in [2.75, 3.05) is 12.4 Å². The first-order valence-corrected chi connectivity index (χ1v) is 15.1. The van der Waals surface area contributed by atoms with Crippen LogP contribution in [0.2, 0.25) is 0 Å². The number of benzene rings is 2. The number of hydrazone groups is 1. The molecule has 0 radical (unpaired) electrons. The van der Waals surface area contributed by atoms with Crippen molar-refractivity contribution in [1.82, 2.24) is 5.01 Å². The van der Waals surface area contributed by atoms with E-state index in [0.29, 0.717) is 22.9 Å². The van der Waals surface area contributed by atoms with Crippen molar-refractivity contribution in [2.45, 2.75) is 62.3 Å². The van der Waals surface area contributed by atoms with Crippen LogP contribution in [0.4, 0.5) is 5.69 Å². The van der Waals surface area contributed by atoms with Crippen molar-refractivity contribution >= 4 is 46.7 Å². The van der Waals surface area contributed by atoms with Crippen molar-refractivity contribution in [2.24, 2.45) is 5.10 Å². The number of carbonyl (C=O) groups is 2. The Hall–Kier alpha value is -3.30. The molecular weight excluding hydrogens is 530 g/mol. The van der Waals surface area contributed by atoms with E-state index < -0.39 is 5.37 Å². The van der Waals surface area contributed by atoms with Gasteiger partial charge in [-0.3, -0.25) is 9.80 Å². The number of ether oxygens (including phenoxy) is 2. The number of rotatable bonds is 10. The van der Waals surface area contributed by atoms with Gasteiger partial charge in [0.1, 0.15) is 5.37 Å².